The van der Waals surface area contributed by atoms with Crippen LogP contribution in [0.15, 0.2) is 24.3 Å². The van der Waals surface area contributed by atoms with Crippen LogP contribution in [0.3, 0.4) is 0 Å². The number of methoxy groups -OCH3 is 1. The maximum atomic E-state index is 11.6. The molecule has 0 radical (unpaired) electrons. The van der Waals surface area contributed by atoms with Crippen LogP contribution in [-0.2, 0) is 9.53 Å². The van der Waals surface area contributed by atoms with Crippen LogP contribution in [0, 0.1) is 0 Å². The summed E-state index contributed by atoms with van der Waals surface area (Å²) in [6.07, 6.45) is 3.22. The van der Waals surface area contributed by atoms with Gasteiger partial charge in [0, 0.05) is 19.7 Å². The van der Waals surface area contributed by atoms with E-state index in [1.165, 1.54) is 6.08 Å². The summed E-state index contributed by atoms with van der Waals surface area (Å²) in [4.78, 5) is 11.6. The number of hydrogen-bond donors (Lipinski definition) is 1. The first-order valence-corrected chi connectivity index (χ1v) is 7.05. The molecule has 1 aromatic carbocycles. The molecule has 0 aromatic heterocycles. The van der Waals surface area contributed by atoms with Crippen LogP contribution < -0.4 is 14.8 Å². The number of benzene rings is 1. The number of ether oxygens (including phenoxy) is 3. The molecule has 0 unspecified atom stereocenters. The van der Waals surface area contributed by atoms with Gasteiger partial charge in [-0.2, -0.15) is 0 Å². The number of nitrogens with one attached hydrogen (secondary N) is 1. The molecule has 0 saturated heterocycles. The van der Waals surface area contributed by atoms with Crippen molar-refractivity contribution >= 4 is 12.0 Å². The Morgan fingerprint density at radius 1 is 1.19 bits per heavy atom. The Hall–Kier alpha value is -2.01. The van der Waals surface area contributed by atoms with Crippen molar-refractivity contribution < 1.29 is 19.0 Å². The van der Waals surface area contributed by atoms with Crippen LogP contribution >= 0.6 is 0 Å². The zero-order valence-corrected chi connectivity index (χ0v) is 12.8. The summed E-state index contributed by atoms with van der Waals surface area (Å²) in [5, 5.41) is 2.72. The lowest BCUT2D eigenvalue weighted by Gasteiger charge is -2.11. The summed E-state index contributed by atoms with van der Waals surface area (Å²) in [7, 11) is 1.59. The van der Waals surface area contributed by atoms with E-state index in [0.29, 0.717) is 37.9 Å². The van der Waals surface area contributed by atoms with Gasteiger partial charge in [0.25, 0.3) is 0 Å². The number of amides is 1. The summed E-state index contributed by atoms with van der Waals surface area (Å²) >= 11 is 0. The molecule has 0 heterocycles. The van der Waals surface area contributed by atoms with Gasteiger partial charge in [0.15, 0.2) is 11.5 Å². The average molecular weight is 293 g/mol. The third kappa shape index (κ3) is 6.31. The van der Waals surface area contributed by atoms with Gasteiger partial charge in [-0.3, -0.25) is 4.79 Å². The topological polar surface area (TPSA) is 56.8 Å². The summed E-state index contributed by atoms with van der Waals surface area (Å²) in [6, 6.07) is 5.58. The smallest absolute Gasteiger partial charge is 0.244 e. The van der Waals surface area contributed by atoms with Crippen molar-refractivity contribution in [1.82, 2.24) is 5.32 Å². The Morgan fingerprint density at radius 3 is 2.57 bits per heavy atom. The lowest BCUT2D eigenvalue weighted by atomic mass is 10.2. The van der Waals surface area contributed by atoms with E-state index in [1.54, 1.807) is 13.2 Å². The molecule has 116 valence electrons. The van der Waals surface area contributed by atoms with E-state index in [0.717, 1.165) is 5.56 Å². The first-order valence-electron chi connectivity index (χ1n) is 7.05. The van der Waals surface area contributed by atoms with E-state index in [2.05, 4.69) is 5.32 Å². The van der Waals surface area contributed by atoms with Crippen molar-refractivity contribution in [2.24, 2.45) is 0 Å². The summed E-state index contributed by atoms with van der Waals surface area (Å²) in [6.45, 7) is 5.97. The molecule has 1 amide bonds. The van der Waals surface area contributed by atoms with Crippen LogP contribution in [0.1, 0.15) is 19.4 Å². The van der Waals surface area contributed by atoms with E-state index in [1.807, 2.05) is 32.0 Å². The highest BCUT2D eigenvalue weighted by Crippen LogP contribution is 2.28. The summed E-state index contributed by atoms with van der Waals surface area (Å²) in [5.74, 6) is 1.24. The highest BCUT2D eigenvalue weighted by molar-refractivity contribution is 5.91. The molecule has 0 spiro atoms. The van der Waals surface area contributed by atoms with Gasteiger partial charge in [-0.1, -0.05) is 6.07 Å². The normalized spacial score (nSPS) is 10.6. The van der Waals surface area contributed by atoms with E-state index >= 15 is 0 Å². The highest BCUT2D eigenvalue weighted by Gasteiger charge is 2.05. The van der Waals surface area contributed by atoms with Gasteiger partial charge in [0.1, 0.15) is 0 Å². The van der Waals surface area contributed by atoms with Crippen molar-refractivity contribution in [2.45, 2.75) is 13.8 Å². The van der Waals surface area contributed by atoms with Crippen LogP contribution in [0.25, 0.3) is 6.08 Å². The average Bonchev–Trinajstić information content (AvgIpc) is 2.48. The highest BCUT2D eigenvalue weighted by atomic mass is 16.5. The third-order valence-electron chi connectivity index (χ3n) is 2.60. The van der Waals surface area contributed by atoms with E-state index < -0.39 is 0 Å². The minimum absolute atomic E-state index is 0.154. The number of carbonyl (C=O) groups excluding carboxylic acids is 1. The second-order valence-electron chi connectivity index (χ2n) is 4.19. The lowest BCUT2D eigenvalue weighted by molar-refractivity contribution is -0.116. The maximum absolute atomic E-state index is 11.6. The second-order valence-corrected chi connectivity index (χ2v) is 4.19. The van der Waals surface area contributed by atoms with Gasteiger partial charge in [-0.05, 0) is 37.6 Å². The quantitative estimate of drug-likeness (QED) is 0.560. The molecule has 0 aliphatic rings. The minimum Gasteiger partial charge on any atom is -0.490 e. The first kappa shape index (κ1) is 17.0. The predicted molar refractivity (Wildman–Crippen MR) is 82.7 cm³/mol. The Balaban J connectivity index is 2.70. The molecule has 5 nitrogen and oxygen atoms in total. The number of rotatable bonds is 9. The van der Waals surface area contributed by atoms with Crippen molar-refractivity contribution in [2.75, 3.05) is 33.5 Å². The Labute approximate surface area is 125 Å². The molecule has 21 heavy (non-hydrogen) atoms. The van der Waals surface area contributed by atoms with Crippen molar-refractivity contribution in [3.05, 3.63) is 29.8 Å². The number of carbonyl (C=O) groups is 1. The molecule has 0 saturated carbocycles. The largest absolute Gasteiger partial charge is 0.490 e. The molecular formula is C16H23NO4. The Bertz CT molecular complexity index is 471. The first-order chi connectivity index (χ1) is 10.2. The van der Waals surface area contributed by atoms with Gasteiger partial charge in [0.2, 0.25) is 5.91 Å². The monoisotopic (exact) mass is 293 g/mol. The van der Waals surface area contributed by atoms with Crippen LogP contribution in [-0.4, -0.2) is 39.4 Å². The molecule has 1 aromatic rings. The van der Waals surface area contributed by atoms with E-state index in [9.17, 15) is 4.79 Å². The minimum atomic E-state index is -0.154. The third-order valence-corrected chi connectivity index (χ3v) is 2.60. The van der Waals surface area contributed by atoms with Gasteiger partial charge < -0.3 is 19.5 Å². The number of hydrogen-bond acceptors (Lipinski definition) is 4. The van der Waals surface area contributed by atoms with Gasteiger partial charge in [0.05, 0.1) is 19.8 Å². The van der Waals surface area contributed by atoms with Crippen molar-refractivity contribution in [3.63, 3.8) is 0 Å². The maximum Gasteiger partial charge on any atom is 0.244 e. The Morgan fingerprint density at radius 2 is 1.90 bits per heavy atom. The standard InChI is InChI=1S/C16H23NO4/c1-4-20-14-8-6-13(12-15(14)21-5-2)7-9-16(18)17-10-11-19-3/h6-9,12H,4-5,10-11H2,1-3H3,(H,17,18). The SMILES string of the molecule is CCOc1ccc(C=CC(=O)NCCOC)cc1OCC. The molecule has 0 fully saturated rings. The molecule has 1 rings (SSSR count). The van der Waals surface area contributed by atoms with Gasteiger partial charge in [-0.25, -0.2) is 0 Å². The fourth-order valence-corrected chi connectivity index (χ4v) is 1.68. The molecule has 0 atom stereocenters. The molecule has 1 N–H and O–H groups in total. The fraction of sp³-hybridized carbons (Fsp3) is 0.438. The Kier molecular flexibility index (Phi) is 7.97. The van der Waals surface area contributed by atoms with Crippen molar-refractivity contribution in [3.8, 4) is 11.5 Å². The van der Waals surface area contributed by atoms with Crippen LogP contribution in [0.2, 0.25) is 0 Å². The van der Waals surface area contributed by atoms with E-state index in [4.69, 9.17) is 14.2 Å². The van der Waals surface area contributed by atoms with E-state index in [-0.39, 0.29) is 5.91 Å². The van der Waals surface area contributed by atoms with Crippen LogP contribution in [0.5, 0.6) is 11.5 Å². The van der Waals surface area contributed by atoms with Crippen LogP contribution in [0.4, 0.5) is 0 Å². The molecule has 0 bridgehead atoms. The van der Waals surface area contributed by atoms with Crippen molar-refractivity contribution in [1.29, 1.82) is 0 Å². The lowest BCUT2D eigenvalue weighted by Crippen LogP contribution is -2.24. The zero-order valence-electron chi connectivity index (χ0n) is 12.8. The second kappa shape index (κ2) is 9.83. The molecular weight excluding hydrogens is 270 g/mol. The zero-order chi connectivity index (χ0) is 15.5. The molecule has 0 aliphatic heterocycles. The van der Waals surface area contributed by atoms with Gasteiger partial charge in [-0.15, -0.1) is 0 Å². The molecule has 0 aliphatic carbocycles. The predicted octanol–water partition coefficient (Wildman–Crippen LogP) is 2.26. The fourth-order valence-electron chi connectivity index (χ4n) is 1.68. The summed E-state index contributed by atoms with van der Waals surface area (Å²) in [5.41, 5.74) is 0.879. The molecule has 5 heteroatoms. The van der Waals surface area contributed by atoms with Gasteiger partial charge >= 0.3 is 0 Å². The summed E-state index contributed by atoms with van der Waals surface area (Å²) < 4.78 is 15.9.